The van der Waals surface area contributed by atoms with Crippen molar-refractivity contribution in [3.63, 3.8) is 0 Å². The molecule has 0 aliphatic carbocycles. The van der Waals surface area contributed by atoms with Crippen LogP contribution < -0.4 is 0 Å². The van der Waals surface area contributed by atoms with E-state index in [1.807, 2.05) is 0 Å². The third-order valence-corrected chi connectivity index (χ3v) is 22.0. The van der Waals surface area contributed by atoms with Gasteiger partial charge in [0.1, 0.15) is 0 Å². The molecule has 21 fully saturated rings. The molecule has 21 rings (SSSR count). The average molecular weight is 1090 g/mol. The van der Waals surface area contributed by atoms with Gasteiger partial charge in [-0.2, -0.15) is 0 Å². The van der Waals surface area contributed by atoms with E-state index in [2.05, 4.69) is 145 Å². The van der Waals surface area contributed by atoms with Gasteiger partial charge in [-0.15, -0.1) is 0 Å². The smallest absolute Gasteiger partial charge is 0.161 e. The van der Waals surface area contributed by atoms with Gasteiger partial charge in [0.05, 0.1) is 85.5 Å². The first-order valence-electron chi connectivity index (χ1n) is 31.8. The monoisotopic (exact) mass is 1090 g/mol. The maximum Gasteiger partial charge on any atom is 0.161 e. The van der Waals surface area contributed by atoms with Gasteiger partial charge >= 0.3 is 0 Å². The summed E-state index contributed by atoms with van der Waals surface area (Å²) in [6, 6.07) is 0. The Labute approximate surface area is 467 Å². The Kier molecular flexibility index (Phi) is 21.6. The molecule has 0 radical (unpaired) electrons. The van der Waals surface area contributed by atoms with Crippen molar-refractivity contribution in [1.29, 1.82) is 0 Å². The van der Waals surface area contributed by atoms with Gasteiger partial charge in [0, 0.05) is 41.4 Å². The van der Waals surface area contributed by atoms with Gasteiger partial charge in [-0.1, -0.05) is 145 Å². The van der Waals surface area contributed by atoms with Crippen LogP contribution in [-0.2, 0) is 66.3 Å². The molecule has 14 heteroatoms. The molecule has 448 valence electrons. The molecule has 0 saturated carbocycles. The molecular formula is C63H112O14. The summed E-state index contributed by atoms with van der Waals surface area (Å²) in [4.78, 5) is 0. The highest BCUT2D eigenvalue weighted by molar-refractivity contribution is 4.97. The zero-order chi connectivity index (χ0) is 56.1. The molecular weight excluding hydrogens is 981 g/mol. The Morgan fingerprint density at radius 3 is 0.351 bits per heavy atom. The third-order valence-electron chi connectivity index (χ3n) is 22.0. The first kappa shape index (κ1) is 62.5. The van der Waals surface area contributed by atoms with Crippen LogP contribution in [0.2, 0.25) is 0 Å². The fourth-order valence-electron chi connectivity index (χ4n) is 14.8. The topological polar surface area (TPSA) is 129 Å². The molecule has 21 aliphatic rings. The fraction of sp³-hybridized carbons (Fsp3) is 1.00. The Morgan fingerprint density at radius 2 is 0.260 bits per heavy atom. The van der Waals surface area contributed by atoms with Crippen molar-refractivity contribution >= 4 is 0 Å². The molecule has 14 unspecified atom stereocenters. The lowest BCUT2D eigenvalue weighted by molar-refractivity contribution is -0.368. The molecule has 14 nitrogen and oxygen atoms in total. The molecule has 21 saturated heterocycles. The Hall–Kier alpha value is -0.560. The molecule has 0 aromatic carbocycles. The van der Waals surface area contributed by atoms with Crippen molar-refractivity contribution < 1.29 is 66.3 Å². The average Bonchev–Trinajstić information content (AvgIpc) is 3.47. The highest BCUT2D eigenvalue weighted by Crippen LogP contribution is 2.48. The molecule has 35 atom stereocenters. The predicted molar refractivity (Wildman–Crippen MR) is 295 cm³/mol. The van der Waals surface area contributed by atoms with E-state index in [1.165, 1.54) is 0 Å². The zero-order valence-electron chi connectivity index (χ0n) is 51.9. The summed E-state index contributed by atoms with van der Waals surface area (Å²) in [7, 11) is 0. The van der Waals surface area contributed by atoms with Crippen LogP contribution in [-0.4, -0.2) is 129 Å². The summed E-state index contributed by atoms with van der Waals surface area (Å²) in [5, 5.41) is 0. The minimum Gasteiger partial charge on any atom is -0.346 e. The zero-order valence-corrected chi connectivity index (χ0v) is 51.9. The summed E-state index contributed by atoms with van der Waals surface area (Å²) in [5.41, 5.74) is 0. The molecule has 0 aromatic rings. The van der Waals surface area contributed by atoms with Crippen molar-refractivity contribution in [3.05, 3.63) is 0 Å². The van der Waals surface area contributed by atoms with Crippen molar-refractivity contribution in [2.24, 2.45) is 82.9 Å². The largest absolute Gasteiger partial charge is 0.346 e. The first-order valence-corrected chi connectivity index (χ1v) is 31.8. The molecule has 0 amide bonds. The van der Waals surface area contributed by atoms with Crippen LogP contribution in [0.4, 0.5) is 0 Å². The van der Waals surface area contributed by atoms with Crippen molar-refractivity contribution in [2.75, 3.05) is 0 Å². The van der Waals surface area contributed by atoms with Crippen LogP contribution in [0.25, 0.3) is 0 Å². The van der Waals surface area contributed by atoms with Crippen molar-refractivity contribution in [1.82, 2.24) is 0 Å². The highest BCUT2D eigenvalue weighted by Gasteiger charge is 2.56. The number of hydrogen-bond donors (Lipinski definition) is 0. The predicted octanol–water partition coefficient (Wildman–Crippen LogP) is 12.5. The minimum absolute atomic E-state index is 0.0573. The van der Waals surface area contributed by atoms with E-state index in [1.54, 1.807) is 0 Å². The number of hydrogen-bond acceptors (Lipinski definition) is 14. The molecule has 77 heavy (non-hydrogen) atoms. The lowest BCUT2D eigenvalue weighted by atomic mass is 9.80. The highest BCUT2D eigenvalue weighted by atomic mass is 16.8. The van der Waals surface area contributed by atoms with Gasteiger partial charge in [0.25, 0.3) is 0 Å². The van der Waals surface area contributed by atoms with E-state index in [4.69, 9.17) is 66.3 Å². The van der Waals surface area contributed by atoms with Crippen LogP contribution in [0.1, 0.15) is 190 Å². The van der Waals surface area contributed by atoms with Crippen LogP contribution in [0.5, 0.6) is 0 Å². The fourth-order valence-corrected chi connectivity index (χ4v) is 14.8. The molecule has 14 bridgehead atoms. The molecule has 0 N–H and O–H groups in total. The van der Waals surface area contributed by atoms with Gasteiger partial charge in [-0.25, -0.2) is 0 Å². The van der Waals surface area contributed by atoms with Crippen LogP contribution in [0.15, 0.2) is 0 Å². The lowest BCUT2D eigenvalue weighted by Crippen LogP contribution is -2.60. The van der Waals surface area contributed by atoms with E-state index in [0.29, 0.717) is 0 Å². The van der Waals surface area contributed by atoms with Crippen LogP contribution in [0.3, 0.4) is 0 Å². The molecule has 0 spiro atoms. The molecule has 0 aromatic heterocycles. The van der Waals surface area contributed by atoms with Gasteiger partial charge < -0.3 is 66.3 Å². The van der Waals surface area contributed by atoms with E-state index in [0.717, 1.165) is 44.9 Å². The summed E-state index contributed by atoms with van der Waals surface area (Å²) in [6.07, 6.45) is 0.183. The third kappa shape index (κ3) is 12.4. The van der Waals surface area contributed by atoms with E-state index < -0.39 is 44.0 Å². The van der Waals surface area contributed by atoms with Crippen molar-refractivity contribution in [2.45, 2.75) is 320 Å². The number of rotatable bonds is 7. The standard InChI is InChI=1S/C63H112O14/c1-22-43-50-29(8)36(15)57(64-43)72-51-31(10)38(17)59(66-44(51)23-2)74-53-33(12)40(19)61(68-46(53)25-4)76-55-35(14)42(21)63(70-48(55)27-6)77-56-34(13)41(20)62(69-49(56)28-7)75-54-32(11)39(18)60(67-47(54)26-5)73-52-30(9)37(16)58(71-50)65-45(52)24-3/h29-63H,22-28H2,1-21H3/t29-,30-,31-,32-,33-,34-,35-,36?,37?,38?,39?,40?,41?,42?,43?,44?,45?,46?,47?,48?,49?,50+,51+,52+,53+,54+,55+,56+,57-,58-,59-,60-,61+,62+,63+/m1/s1. The maximum absolute atomic E-state index is 7.19. The lowest BCUT2D eigenvalue weighted by Gasteiger charge is -2.52. The van der Waals surface area contributed by atoms with Gasteiger partial charge in [-0.3, -0.25) is 0 Å². The first-order chi connectivity index (χ1) is 36.7. The molecule has 21 aliphatic heterocycles. The van der Waals surface area contributed by atoms with E-state index in [-0.39, 0.29) is 168 Å². The van der Waals surface area contributed by atoms with Gasteiger partial charge in [-0.05, 0) is 86.4 Å². The quantitative estimate of drug-likeness (QED) is 0.240. The second-order valence-corrected chi connectivity index (χ2v) is 26.4. The Balaban J connectivity index is 1.08. The van der Waals surface area contributed by atoms with E-state index in [9.17, 15) is 0 Å². The van der Waals surface area contributed by atoms with Crippen LogP contribution >= 0.6 is 0 Å². The second kappa shape index (κ2) is 26.6. The second-order valence-electron chi connectivity index (χ2n) is 26.4. The summed E-state index contributed by atoms with van der Waals surface area (Å²) in [5.74, 6) is 1.39. The SMILES string of the molecule is CCC1O[C@@H]2O[C@@H]3C(CC)O[C@H](O[C@@H]4C(CC)O[C@@H](O[C@@H]5C(CC)O[C@@H](O[C@@H]6C(CC)O[C@@H](O[C@@H]7C(CC)O[C@H](O[C@@H]8C(CC)O[C@H](O[C@H]1[C@H](C)C2C)C(C)[C@H]8C)C(C)[C@H]7C)C(C)[C@H]6C)C(C)[C@H]5C)C(C)[C@H]4C)C(C)[C@H]3C. The maximum atomic E-state index is 7.19. The Bertz CT molecular complexity index is 1440. The van der Waals surface area contributed by atoms with E-state index >= 15 is 0 Å². The summed E-state index contributed by atoms with van der Waals surface area (Å²) in [6.45, 7) is 47.2. The summed E-state index contributed by atoms with van der Waals surface area (Å²) >= 11 is 0. The van der Waals surface area contributed by atoms with Crippen LogP contribution in [0, 0.1) is 82.9 Å². The Morgan fingerprint density at radius 1 is 0.156 bits per heavy atom. The minimum atomic E-state index is -0.415. The number of ether oxygens (including phenoxy) is 14. The molecule has 21 heterocycles. The van der Waals surface area contributed by atoms with Gasteiger partial charge in [0.15, 0.2) is 44.0 Å². The van der Waals surface area contributed by atoms with Gasteiger partial charge in [0.2, 0.25) is 0 Å². The van der Waals surface area contributed by atoms with Crippen molar-refractivity contribution in [3.8, 4) is 0 Å². The summed E-state index contributed by atoms with van der Waals surface area (Å²) < 4.78 is 99.4. The normalized spacial score (nSPS) is 55.4.